The summed E-state index contributed by atoms with van der Waals surface area (Å²) >= 11 is 5.93. The van der Waals surface area contributed by atoms with Crippen LogP contribution in [0.3, 0.4) is 0 Å². The molecule has 6 nitrogen and oxygen atoms in total. The van der Waals surface area contributed by atoms with Crippen molar-refractivity contribution >= 4 is 44.6 Å². The predicted octanol–water partition coefficient (Wildman–Crippen LogP) is 4.77. The minimum atomic E-state index is -3.85. The Morgan fingerprint density at radius 3 is 2.40 bits per heavy atom. The normalized spacial score (nSPS) is 11.1. The molecule has 3 aromatic carbocycles. The van der Waals surface area contributed by atoms with Crippen LogP contribution < -0.4 is 14.9 Å². The molecular formula is C22H22ClN3O3S. The summed E-state index contributed by atoms with van der Waals surface area (Å²) in [6, 6.07) is 18.2. The molecule has 2 N–H and O–H groups in total. The average Bonchev–Trinajstić information content (AvgIpc) is 2.69. The van der Waals surface area contributed by atoms with Crippen LogP contribution in [0.25, 0.3) is 0 Å². The Labute approximate surface area is 181 Å². The quantitative estimate of drug-likeness (QED) is 0.575. The van der Waals surface area contributed by atoms with E-state index in [-0.39, 0.29) is 10.8 Å². The van der Waals surface area contributed by atoms with Gasteiger partial charge in [-0.05, 0) is 61.0 Å². The van der Waals surface area contributed by atoms with Gasteiger partial charge < -0.3 is 10.2 Å². The number of sulfonamides is 1. The zero-order valence-electron chi connectivity index (χ0n) is 16.8. The summed E-state index contributed by atoms with van der Waals surface area (Å²) in [7, 11) is -0.0718. The van der Waals surface area contributed by atoms with Gasteiger partial charge in [-0.2, -0.15) is 0 Å². The standard InChI is InChI=1S/C22H22ClN3O3S/c1-15-10-11-20(30(28,29)25-18-8-5-7-17(23)13-18)14-21(15)24-22(27)16-6-4-9-19(12-16)26(2)3/h4-14,25H,1-3H3,(H,24,27). The maximum atomic E-state index is 12.8. The largest absolute Gasteiger partial charge is 0.378 e. The van der Waals surface area contributed by atoms with Crippen molar-refractivity contribution in [2.75, 3.05) is 29.0 Å². The van der Waals surface area contributed by atoms with Crippen LogP contribution in [-0.4, -0.2) is 28.4 Å². The lowest BCUT2D eigenvalue weighted by Gasteiger charge is -2.15. The van der Waals surface area contributed by atoms with Crippen LogP contribution in [0.2, 0.25) is 5.02 Å². The Balaban J connectivity index is 1.86. The van der Waals surface area contributed by atoms with Crippen molar-refractivity contribution in [1.29, 1.82) is 0 Å². The number of hydrogen-bond acceptors (Lipinski definition) is 4. The lowest BCUT2D eigenvalue weighted by molar-refractivity contribution is 0.102. The Hall–Kier alpha value is -3.03. The maximum Gasteiger partial charge on any atom is 0.261 e. The number of rotatable bonds is 6. The Morgan fingerprint density at radius 2 is 1.70 bits per heavy atom. The SMILES string of the molecule is Cc1ccc(S(=O)(=O)Nc2cccc(Cl)c2)cc1NC(=O)c1cccc(N(C)C)c1. The first-order valence-corrected chi connectivity index (χ1v) is 11.0. The van der Waals surface area contributed by atoms with E-state index in [2.05, 4.69) is 10.0 Å². The van der Waals surface area contributed by atoms with Gasteiger partial charge in [-0.1, -0.05) is 29.8 Å². The van der Waals surface area contributed by atoms with E-state index in [1.165, 1.54) is 18.2 Å². The molecule has 0 aliphatic carbocycles. The van der Waals surface area contributed by atoms with Crippen molar-refractivity contribution < 1.29 is 13.2 Å². The molecule has 0 saturated carbocycles. The summed E-state index contributed by atoms with van der Waals surface area (Å²) in [6.45, 7) is 1.80. The number of benzene rings is 3. The van der Waals surface area contributed by atoms with Gasteiger partial charge in [-0.25, -0.2) is 8.42 Å². The zero-order chi connectivity index (χ0) is 21.9. The Kier molecular flexibility index (Phi) is 6.34. The van der Waals surface area contributed by atoms with Crippen molar-refractivity contribution in [2.45, 2.75) is 11.8 Å². The van der Waals surface area contributed by atoms with Crippen LogP contribution >= 0.6 is 11.6 Å². The summed E-state index contributed by atoms with van der Waals surface area (Å²) in [5, 5.41) is 3.23. The van der Waals surface area contributed by atoms with Crippen LogP contribution in [0.4, 0.5) is 17.1 Å². The number of amides is 1. The first kappa shape index (κ1) is 21.7. The van der Waals surface area contributed by atoms with Crippen molar-refractivity contribution in [3.05, 3.63) is 82.9 Å². The van der Waals surface area contributed by atoms with E-state index < -0.39 is 10.0 Å². The minimum absolute atomic E-state index is 0.0328. The third-order valence-electron chi connectivity index (χ3n) is 4.47. The van der Waals surface area contributed by atoms with Gasteiger partial charge in [-0.15, -0.1) is 0 Å². The molecule has 156 valence electrons. The minimum Gasteiger partial charge on any atom is -0.378 e. The van der Waals surface area contributed by atoms with Gasteiger partial charge in [0.05, 0.1) is 10.6 Å². The molecule has 30 heavy (non-hydrogen) atoms. The summed E-state index contributed by atoms with van der Waals surface area (Å²) < 4.78 is 28.1. The molecule has 0 atom stereocenters. The molecule has 0 aliphatic heterocycles. The fraction of sp³-hybridized carbons (Fsp3) is 0.136. The van der Waals surface area contributed by atoms with Gasteiger partial charge in [0, 0.05) is 36.1 Å². The smallest absolute Gasteiger partial charge is 0.261 e. The molecule has 0 radical (unpaired) electrons. The first-order valence-electron chi connectivity index (χ1n) is 9.13. The van der Waals surface area contributed by atoms with Crippen LogP contribution in [0.15, 0.2) is 71.6 Å². The van der Waals surface area contributed by atoms with Gasteiger partial charge in [0.25, 0.3) is 15.9 Å². The molecule has 0 aromatic heterocycles. The van der Waals surface area contributed by atoms with Crippen LogP contribution in [0.1, 0.15) is 15.9 Å². The summed E-state index contributed by atoms with van der Waals surface area (Å²) in [5.74, 6) is -0.320. The number of carbonyl (C=O) groups excluding carboxylic acids is 1. The van der Waals surface area contributed by atoms with Gasteiger partial charge in [0.2, 0.25) is 0 Å². The molecule has 0 heterocycles. The van der Waals surface area contributed by atoms with E-state index >= 15 is 0 Å². The van der Waals surface area contributed by atoms with Gasteiger partial charge in [0.1, 0.15) is 0 Å². The van der Waals surface area contributed by atoms with E-state index in [0.717, 1.165) is 11.3 Å². The fourth-order valence-electron chi connectivity index (χ4n) is 2.79. The van der Waals surface area contributed by atoms with E-state index in [1.807, 2.05) is 25.1 Å². The van der Waals surface area contributed by atoms with Crippen LogP contribution in [-0.2, 0) is 10.0 Å². The van der Waals surface area contributed by atoms with E-state index in [0.29, 0.717) is 22.0 Å². The summed E-state index contributed by atoms with van der Waals surface area (Å²) in [5.41, 5.74) is 2.89. The maximum absolute atomic E-state index is 12.8. The second-order valence-electron chi connectivity index (χ2n) is 6.99. The molecule has 3 aromatic rings. The molecular weight excluding hydrogens is 422 g/mol. The Bertz CT molecular complexity index is 1190. The number of halogens is 1. The molecule has 0 fully saturated rings. The zero-order valence-corrected chi connectivity index (χ0v) is 18.4. The monoisotopic (exact) mass is 443 g/mol. The third kappa shape index (κ3) is 5.11. The topological polar surface area (TPSA) is 78.5 Å². The first-order chi connectivity index (χ1) is 14.2. The number of anilines is 3. The molecule has 8 heteroatoms. The lowest BCUT2D eigenvalue weighted by Crippen LogP contribution is -2.16. The van der Waals surface area contributed by atoms with Gasteiger partial charge >= 0.3 is 0 Å². The van der Waals surface area contributed by atoms with E-state index in [9.17, 15) is 13.2 Å². The van der Waals surface area contributed by atoms with Crippen molar-refractivity contribution in [3.8, 4) is 0 Å². The second-order valence-corrected chi connectivity index (χ2v) is 9.11. The summed E-state index contributed by atoms with van der Waals surface area (Å²) in [6.07, 6.45) is 0. The second kappa shape index (κ2) is 8.77. The van der Waals surface area contributed by atoms with E-state index in [1.54, 1.807) is 49.4 Å². The van der Waals surface area contributed by atoms with Crippen molar-refractivity contribution in [2.24, 2.45) is 0 Å². The highest BCUT2D eigenvalue weighted by Crippen LogP contribution is 2.24. The average molecular weight is 444 g/mol. The highest BCUT2D eigenvalue weighted by molar-refractivity contribution is 7.92. The number of carbonyl (C=O) groups is 1. The third-order valence-corrected chi connectivity index (χ3v) is 6.08. The van der Waals surface area contributed by atoms with Gasteiger partial charge in [0.15, 0.2) is 0 Å². The van der Waals surface area contributed by atoms with Crippen molar-refractivity contribution in [1.82, 2.24) is 0 Å². The predicted molar refractivity (Wildman–Crippen MR) is 122 cm³/mol. The highest BCUT2D eigenvalue weighted by Gasteiger charge is 2.17. The highest BCUT2D eigenvalue weighted by atomic mass is 35.5. The molecule has 0 spiro atoms. The number of aryl methyl sites for hydroxylation is 1. The molecule has 0 aliphatic rings. The molecule has 0 saturated heterocycles. The van der Waals surface area contributed by atoms with Crippen LogP contribution in [0.5, 0.6) is 0 Å². The van der Waals surface area contributed by atoms with Gasteiger partial charge in [-0.3, -0.25) is 9.52 Å². The van der Waals surface area contributed by atoms with Crippen LogP contribution in [0, 0.1) is 6.92 Å². The van der Waals surface area contributed by atoms with E-state index in [4.69, 9.17) is 11.6 Å². The van der Waals surface area contributed by atoms with Crippen molar-refractivity contribution in [3.63, 3.8) is 0 Å². The Morgan fingerprint density at radius 1 is 0.967 bits per heavy atom. The molecule has 1 amide bonds. The fourth-order valence-corrected chi connectivity index (χ4v) is 4.05. The molecule has 0 bridgehead atoms. The number of nitrogens with one attached hydrogen (secondary N) is 2. The lowest BCUT2D eigenvalue weighted by atomic mass is 10.1. The molecule has 3 rings (SSSR count). The number of nitrogens with zero attached hydrogens (tertiary/aromatic N) is 1. The summed E-state index contributed by atoms with van der Waals surface area (Å²) in [4.78, 5) is 14.7. The molecule has 0 unspecified atom stereocenters. The number of hydrogen-bond donors (Lipinski definition) is 2.